The van der Waals surface area contributed by atoms with Crippen molar-refractivity contribution < 1.29 is 19.4 Å². The summed E-state index contributed by atoms with van der Waals surface area (Å²) in [5, 5.41) is 12.4. The van der Waals surface area contributed by atoms with E-state index in [0.29, 0.717) is 12.8 Å². The standard InChI is InChI=1S/C16H22INO4/c1-10(2)7-14(19)15(20)18-13(16(21)22-3)9-11-5-4-6-12(17)8-11/h4-6,8,10,13-14,19H,7,9H2,1-3H3,(H,18,20)/t13-,14-/m1/s1. The van der Waals surface area contributed by atoms with E-state index in [1.807, 2.05) is 38.1 Å². The van der Waals surface area contributed by atoms with Gasteiger partial charge in [-0.1, -0.05) is 26.0 Å². The minimum Gasteiger partial charge on any atom is -0.467 e. The van der Waals surface area contributed by atoms with Crippen LogP contribution in [0.4, 0.5) is 0 Å². The van der Waals surface area contributed by atoms with E-state index in [1.54, 1.807) is 0 Å². The van der Waals surface area contributed by atoms with Crippen LogP contribution in [0.15, 0.2) is 24.3 Å². The number of benzene rings is 1. The molecule has 0 aliphatic rings. The molecule has 0 radical (unpaired) electrons. The minimum atomic E-state index is -1.12. The molecule has 1 aromatic rings. The van der Waals surface area contributed by atoms with Gasteiger partial charge in [-0.15, -0.1) is 0 Å². The quantitative estimate of drug-likeness (QED) is 0.523. The fourth-order valence-electron chi connectivity index (χ4n) is 2.06. The summed E-state index contributed by atoms with van der Waals surface area (Å²) in [6.45, 7) is 3.83. The summed E-state index contributed by atoms with van der Waals surface area (Å²) in [5.41, 5.74) is 0.918. The number of nitrogens with one attached hydrogen (secondary N) is 1. The molecular weight excluding hydrogens is 397 g/mol. The summed E-state index contributed by atoms with van der Waals surface area (Å²) >= 11 is 2.18. The molecule has 0 saturated heterocycles. The van der Waals surface area contributed by atoms with Crippen molar-refractivity contribution in [2.45, 2.75) is 38.8 Å². The molecule has 2 N–H and O–H groups in total. The molecule has 2 atom stereocenters. The molecule has 1 rings (SSSR count). The smallest absolute Gasteiger partial charge is 0.328 e. The number of methoxy groups -OCH3 is 1. The second-order valence-corrected chi connectivity index (χ2v) is 6.81. The highest BCUT2D eigenvalue weighted by Gasteiger charge is 2.25. The summed E-state index contributed by atoms with van der Waals surface area (Å²) < 4.78 is 5.79. The van der Waals surface area contributed by atoms with Gasteiger partial charge in [0.05, 0.1) is 7.11 Å². The lowest BCUT2D eigenvalue weighted by atomic mass is 10.0. The molecule has 0 heterocycles. The van der Waals surface area contributed by atoms with E-state index < -0.39 is 24.0 Å². The first kappa shape index (κ1) is 18.9. The van der Waals surface area contributed by atoms with Gasteiger partial charge in [0, 0.05) is 9.99 Å². The van der Waals surface area contributed by atoms with Gasteiger partial charge in [0.2, 0.25) is 5.91 Å². The first-order valence-electron chi connectivity index (χ1n) is 7.14. The lowest BCUT2D eigenvalue weighted by molar-refractivity contribution is -0.146. The maximum Gasteiger partial charge on any atom is 0.328 e. The first-order valence-corrected chi connectivity index (χ1v) is 8.22. The maximum atomic E-state index is 12.0. The Morgan fingerprint density at radius 3 is 2.59 bits per heavy atom. The van der Waals surface area contributed by atoms with Crippen molar-refractivity contribution >= 4 is 34.5 Å². The summed E-state index contributed by atoms with van der Waals surface area (Å²) in [4.78, 5) is 23.9. The zero-order chi connectivity index (χ0) is 16.7. The number of esters is 1. The van der Waals surface area contributed by atoms with Gasteiger partial charge in [0.25, 0.3) is 0 Å². The van der Waals surface area contributed by atoms with Crippen LogP contribution in [0.25, 0.3) is 0 Å². The van der Waals surface area contributed by atoms with Crippen molar-refractivity contribution in [2.75, 3.05) is 7.11 Å². The van der Waals surface area contributed by atoms with Crippen molar-refractivity contribution in [3.8, 4) is 0 Å². The van der Waals surface area contributed by atoms with E-state index in [2.05, 4.69) is 27.9 Å². The van der Waals surface area contributed by atoms with Gasteiger partial charge >= 0.3 is 5.97 Å². The van der Waals surface area contributed by atoms with Gasteiger partial charge in [-0.05, 0) is 52.6 Å². The highest BCUT2D eigenvalue weighted by atomic mass is 127. The monoisotopic (exact) mass is 419 g/mol. The molecule has 1 amide bonds. The number of rotatable bonds is 7. The van der Waals surface area contributed by atoms with Crippen LogP contribution in [-0.2, 0) is 20.7 Å². The van der Waals surface area contributed by atoms with E-state index in [0.717, 1.165) is 9.13 Å². The normalized spacial score (nSPS) is 13.5. The SMILES string of the molecule is COC(=O)[C@@H](Cc1cccc(I)c1)NC(=O)[C@H](O)CC(C)C. The molecule has 0 aliphatic carbocycles. The number of hydrogen-bond acceptors (Lipinski definition) is 4. The number of carbonyl (C=O) groups excluding carboxylic acids is 2. The third kappa shape index (κ3) is 6.31. The van der Waals surface area contributed by atoms with Gasteiger partial charge in [-0.3, -0.25) is 4.79 Å². The minimum absolute atomic E-state index is 0.188. The van der Waals surface area contributed by atoms with Crippen LogP contribution in [0, 0.1) is 9.49 Å². The summed E-state index contributed by atoms with van der Waals surface area (Å²) in [7, 11) is 1.28. The van der Waals surface area contributed by atoms with Crippen LogP contribution in [0.3, 0.4) is 0 Å². The molecule has 0 fully saturated rings. The Balaban J connectivity index is 2.77. The second kappa shape index (κ2) is 9.09. The number of carbonyl (C=O) groups is 2. The summed E-state index contributed by atoms with van der Waals surface area (Å²) in [6, 6.07) is 6.85. The average molecular weight is 419 g/mol. The molecule has 1 aromatic carbocycles. The van der Waals surface area contributed by atoms with Crippen LogP contribution in [0.2, 0.25) is 0 Å². The molecule has 0 saturated carbocycles. The third-order valence-electron chi connectivity index (χ3n) is 3.13. The van der Waals surface area contributed by atoms with Gasteiger partial charge in [0.1, 0.15) is 12.1 Å². The van der Waals surface area contributed by atoms with Crippen LogP contribution < -0.4 is 5.32 Å². The van der Waals surface area contributed by atoms with Gasteiger partial charge < -0.3 is 15.2 Å². The Hall–Kier alpha value is -1.15. The van der Waals surface area contributed by atoms with E-state index in [1.165, 1.54) is 7.11 Å². The lowest BCUT2D eigenvalue weighted by Crippen LogP contribution is -2.47. The predicted octanol–water partition coefficient (Wildman–Crippen LogP) is 1.90. The summed E-state index contributed by atoms with van der Waals surface area (Å²) in [5.74, 6) is -0.883. The Morgan fingerprint density at radius 2 is 2.05 bits per heavy atom. The highest BCUT2D eigenvalue weighted by molar-refractivity contribution is 14.1. The Kier molecular flexibility index (Phi) is 7.81. The molecule has 122 valence electrons. The third-order valence-corrected chi connectivity index (χ3v) is 3.80. The highest BCUT2D eigenvalue weighted by Crippen LogP contribution is 2.11. The fraction of sp³-hybridized carbons (Fsp3) is 0.500. The van der Waals surface area contributed by atoms with Crippen LogP contribution in [-0.4, -0.2) is 36.2 Å². The Labute approximate surface area is 144 Å². The first-order chi connectivity index (χ1) is 10.3. The van der Waals surface area contributed by atoms with Crippen molar-refractivity contribution in [2.24, 2.45) is 5.92 Å². The Morgan fingerprint density at radius 1 is 1.36 bits per heavy atom. The zero-order valence-corrected chi connectivity index (χ0v) is 15.2. The largest absolute Gasteiger partial charge is 0.467 e. The van der Waals surface area contributed by atoms with Crippen molar-refractivity contribution in [3.05, 3.63) is 33.4 Å². The van der Waals surface area contributed by atoms with Gasteiger partial charge in [0.15, 0.2) is 0 Å². The van der Waals surface area contributed by atoms with E-state index in [9.17, 15) is 14.7 Å². The topological polar surface area (TPSA) is 75.6 Å². The molecule has 0 unspecified atom stereocenters. The molecule has 22 heavy (non-hydrogen) atoms. The molecule has 0 aliphatic heterocycles. The van der Waals surface area contributed by atoms with E-state index >= 15 is 0 Å². The van der Waals surface area contributed by atoms with Gasteiger partial charge in [-0.25, -0.2) is 4.79 Å². The van der Waals surface area contributed by atoms with Crippen LogP contribution >= 0.6 is 22.6 Å². The zero-order valence-electron chi connectivity index (χ0n) is 13.0. The van der Waals surface area contributed by atoms with E-state index in [-0.39, 0.29) is 5.92 Å². The molecule has 5 nitrogen and oxygen atoms in total. The van der Waals surface area contributed by atoms with Gasteiger partial charge in [-0.2, -0.15) is 0 Å². The molecule has 6 heteroatoms. The van der Waals surface area contributed by atoms with Crippen molar-refractivity contribution in [1.82, 2.24) is 5.32 Å². The van der Waals surface area contributed by atoms with Crippen molar-refractivity contribution in [1.29, 1.82) is 0 Å². The fourth-order valence-corrected chi connectivity index (χ4v) is 2.66. The van der Waals surface area contributed by atoms with E-state index in [4.69, 9.17) is 4.74 Å². The number of aliphatic hydroxyl groups is 1. The molecular formula is C16H22INO4. The lowest BCUT2D eigenvalue weighted by Gasteiger charge is -2.19. The van der Waals surface area contributed by atoms with Crippen LogP contribution in [0.5, 0.6) is 0 Å². The summed E-state index contributed by atoms with van der Waals surface area (Å²) in [6.07, 6.45) is -0.449. The molecule has 0 spiro atoms. The van der Waals surface area contributed by atoms with Crippen LogP contribution in [0.1, 0.15) is 25.8 Å². The molecule has 0 bridgehead atoms. The average Bonchev–Trinajstić information content (AvgIpc) is 2.44. The van der Waals surface area contributed by atoms with Crippen molar-refractivity contribution in [3.63, 3.8) is 0 Å². The number of hydrogen-bond donors (Lipinski definition) is 2. The molecule has 0 aromatic heterocycles. The number of aliphatic hydroxyl groups excluding tert-OH is 1. The maximum absolute atomic E-state index is 12.0. The number of ether oxygens (including phenoxy) is 1. The number of amides is 1. The second-order valence-electron chi connectivity index (χ2n) is 5.56. The Bertz CT molecular complexity index is 519. The predicted molar refractivity (Wildman–Crippen MR) is 92.3 cm³/mol. The number of halogens is 1.